The highest BCUT2D eigenvalue weighted by molar-refractivity contribution is 5.94. The number of pyridine rings is 1. The van der Waals surface area contributed by atoms with E-state index in [2.05, 4.69) is 10.3 Å². The third-order valence-electron chi connectivity index (χ3n) is 4.85. The van der Waals surface area contributed by atoms with Gasteiger partial charge in [-0.25, -0.2) is 0 Å². The lowest BCUT2D eigenvalue weighted by Crippen LogP contribution is -2.22. The second-order valence-corrected chi connectivity index (χ2v) is 7.24. The molecule has 0 aliphatic carbocycles. The predicted octanol–water partition coefficient (Wildman–Crippen LogP) is 5.17. The number of carbonyl (C=O) groups is 1. The highest BCUT2D eigenvalue weighted by atomic mass is 16.5. The van der Waals surface area contributed by atoms with Crippen LogP contribution in [0.25, 0.3) is 0 Å². The van der Waals surface area contributed by atoms with Gasteiger partial charge >= 0.3 is 0 Å². The van der Waals surface area contributed by atoms with E-state index in [0.717, 1.165) is 28.3 Å². The number of benzene rings is 3. The van der Waals surface area contributed by atoms with E-state index in [1.807, 2.05) is 97.1 Å². The van der Waals surface area contributed by atoms with Gasteiger partial charge in [0.15, 0.2) is 0 Å². The number of aromatic nitrogens is 1. The summed E-state index contributed by atoms with van der Waals surface area (Å²) in [6, 6.07) is 30.5. The molecule has 32 heavy (non-hydrogen) atoms. The molecule has 0 aliphatic heterocycles. The van der Waals surface area contributed by atoms with Crippen molar-refractivity contribution in [3.05, 3.63) is 126 Å². The Morgan fingerprint density at radius 1 is 0.688 bits per heavy atom. The van der Waals surface area contributed by atoms with Crippen LogP contribution in [0.2, 0.25) is 0 Å². The second kappa shape index (κ2) is 10.8. The summed E-state index contributed by atoms with van der Waals surface area (Å²) in [5.41, 5.74) is 3.49. The van der Waals surface area contributed by atoms with Crippen LogP contribution in [-0.4, -0.2) is 10.9 Å². The number of hydrogen-bond donors (Lipinski definition) is 1. The maximum atomic E-state index is 12.5. The number of amides is 1. The van der Waals surface area contributed by atoms with Crippen LogP contribution in [0.1, 0.15) is 27.2 Å². The fraction of sp³-hybridized carbons (Fsp3) is 0.111. The Morgan fingerprint density at radius 3 is 2.06 bits per heavy atom. The molecule has 0 spiro atoms. The minimum absolute atomic E-state index is 0.115. The van der Waals surface area contributed by atoms with E-state index in [9.17, 15) is 4.79 Å². The summed E-state index contributed by atoms with van der Waals surface area (Å²) in [5.74, 6) is 1.47. The third kappa shape index (κ3) is 6.19. The van der Waals surface area contributed by atoms with Crippen LogP contribution >= 0.6 is 0 Å². The van der Waals surface area contributed by atoms with Gasteiger partial charge in [0.05, 0.1) is 5.69 Å². The fourth-order valence-corrected chi connectivity index (χ4v) is 3.06. The standard InChI is InChI=1S/C27H24N2O3/c30-27(23-13-9-22(10-14-23)19-31-25-7-2-1-3-8-25)29-18-21-11-15-26(16-12-21)32-20-24-6-4-5-17-28-24/h1-17H,18-20H2,(H,29,30). The van der Waals surface area contributed by atoms with Crippen LogP contribution in [0.4, 0.5) is 0 Å². The number of ether oxygens (including phenoxy) is 2. The second-order valence-electron chi connectivity index (χ2n) is 7.24. The van der Waals surface area contributed by atoms with Crippen molar-refractivity contribution >= 4 is 5.91 Å². The molecule has 5 heteroatoms. The first-order chi connectivity index (χ1) is 15.8. The summed E-state index contributed by atoms with van der Waals surface area (Å²) in [4.78, 5) is 16.7. The van der Waals surface area contributed by atoms with Crippen molar-refractivity contribution in [1.29, 1.82) is 0 Å². The van der Waals surface area contributed by atoms with Crippen molar-refractivity contribution in [1.82, 2.24) is 10.3 Å². The first-order valence-corrected chi connectivity index (χ1v) is 10.4. The smallest absolute Gasteiger partial charge is 0.251 e. The monoisotopic (exact) mass is 424 g/mol. The van der Waals surface area contributed by atoms with Crippen LogP contribution in [-0.2, 0) is 19.8 Å². The number of hydrogen-bond acceptors (Lipinski definition) is 4. The normalized spacial score (nSPS) is 10.4. The van der Waals surface area contributed by atoms with Crippen LogP contribution in [0, 0.1) is 0 Å². The van der Waals surface area contributed by atoms with Gasteiger partial charge < -0.3 is 14.8 Å². The van der Waals surface area contributed by atoms with Gasteiger partial charge in [0, 0.05) is 18.3 Å². The van der Waals surface area contributed by atoms with Gasteiger partial charge in [-0.3, -0.25) is 9.78 Å². The SMILES string of the molecule is O=C(NCc1ccc(OCc2ccccn2)cc1)c1ccc(COc2ccccc2)cc1. The summed E-state index contributed by atoms with van der Waals surface area (Å²) >= 11 is 0. The summed E-state index contributed by atoms with van der Waals surface area (Å²) < 4.78 is 11.5. The molecule has 1 aromatic heterocycles. The molecule has 0 atom stereocenters. The van der Waals surface area contributed by atoms with Gasteiger partial charge in [-0.2, -0.15) is 0 Å². The lowest BCUT2D eigenvalue weighted by Gasteiger charge is -2.09. The van der Waals surface area contributed by atoms with Crippen molar-refractivity contribution in [2.45, 2.75) is 19.8 Å². The largest absolute Gasteiger partial charge is 0.489 e. The van der Waals surface area contributed by atoms with Crippen molar-refractivity contribution in [3.63, 3.8) is 0 Å². The lowest BCUT2D eigenvalue weighted by atomic mass is 10.1. The summed E-state index contributed by atoms with van der Waals surface area (Å²) in [5, 5.41) is 2.95. The number of nitrogens with one attached hydrogen (secondary N) is 1. The van der Waals surface area contributed by atoms with Gasteiger partial charge in [0.1, 0.15) is 24.7 Å². The molecule has 1 N–H and O–H groups in total. The zero-order valence-electron chi connectivity index (χ0n) is 17.6. The molecule has 0 aliphatic rings. The van der Waals surface area contributed by atoms with E-state index in [4.69, 9.17) is 9.47 Å². The first kappa shape index (κ1) is 21.1. The van der Waals surface area contributed by atoms with E-state index < -0.39 is 0 Å². The Morgan fingerprint density at radius 2 is 1.34 bits per heavy atom. The number of rotatable bonds is 9. The third-order valence-corrected chi connectivity index (χ3v) is 4.85. The number of para-hydroxylation sites is 1. The maximum Gasteiger partial charge on any atom is 0.251 e. The zero-order valence-corrected chi connectivity index (χ0v) is 17.6. The Balaban J connectivity index is 1.23. The molecule has 0 radical (unpaired) electrons. The summed E-state index contributed by atoms with van der Waals surface area (Å²) in [6.07, 6.45) is 1.75. The molecule has 0 bridgehead atoms. The van der Waals surface area contributed by atoms with Crippen molar-refractivity contribution in [3.8, 4) is 11.5 Å². The van der Waals surface area contributed by atoms with Gasteiger partial charge in [-0.05, 0) is 59.7 Å². The molecule has 1 amide bonds. The Hall–Kier alpha value is -4.12. The van der Waals surface area contributed by atoms with Crippen molar-refractivity contribution < 1.29 is 14.3 Å². The topological polar surface area (TPSA) is 60.5 Å². The first-order valence-electron chi connectivity index (χ1n) is 10.4. The average Bonchev–Trinajstić information content (AvgIpc) is 2.87. The Labute approximate surface area is 187 Å². The molecule has 0 saturated carbocycles. The molecule has 0 saturated heterocycles. The van der Waals surface area contributed by atoms with Gasteiger partial charge in [0.25, 0.3) is 5.91 Å². The predicted molar refractivity (Wildman–Crippen MR) is 123 cm³/mol. The van der Waals surface area contributed by atoms with Crippen molar-refractivity contribution in [2.75, 3.05) is 0 Å². The van der Waals surface area contributed by atoms with Gasteiger partial charge in [-0.15, -0.1) is 0 Å². The molecule has 3 aromatic carbocycles. The molecule has 160 valence electrons. The van der Waals surface area contributed by atoms with Crippen LogP contribution in [0.15, 0.2) is 103 Å². The Bertz CT molecular complexity index is 1110. The minimum Gasteiger partial charge on any atom is -0.489 e. The molecule has 0 unspecified atom stereocenters. The molecule has 4 rings (SSSR count). The highest BCUT2D eigenvalue weighted by Crippen LogP contribution is 2.15. The lowest BCUT2D eigenvalue weighted by molar-refractivity contribution is 0.0951. The molecular weight excluding hydrogens is 400 g/mol. The average molecular weight is 425 g/mol. The number of nitrogens with zero attached hydrogens (tertiary/aromatic N) is 1. The molecule has 4 aromatic rings. The zero-order chi connectivity index (χ0) is 22.0. The van der Waals surface area contributed by atoms with Crippen LogP contribution in [0.5, 0.6) is 11.5 Å². The molecular formula is C27H24N2O3. The van der Waals surface area contributed by atoms with Crippen LogP contribution < -0.4 is 14.8 Å². The van der Waals surface area contributed by atoms with E-state index in [1.165, 1.54) is 0 Å². The van der Waals surface area contributed by atoms with E-state index in [-0.39, 0.29) is 5.91 Å². The minimum atomic E-state index is -0.115. The van der Waals surface area contributed by atoms with Crippen LogP contribution in [0.3, 0.4) is 0 Å². The fourth-order valence-electron chi connectivity index (χ4n) is 3.06. The molecule has 5 nitrogen and oxygen atoms in total. The highest BCUT2D eigenvalue weighted by Gasteiger charge is 2.06. The van der Waals surface area contributed by atoms with Gasteiger partial charge in [0.2, 0.25) is 0 Å². The van der Waals surface area contributed by atoms with E-state index in [1.54, 1.807) is 6.20 Å². The summed E-state index contributed by atoms with van der Waals surface area (Å²) in [6.45, 7) is 1.32. The maximum absolute atomic E-state index is 12.5. The van der Waals surface area contributed by atoms with Crippen molar-refractivity contribution in [2.24, 2.45) is 0 Å². The van der Waals surface area contributed by atoms with E-state index in [0.29, 0.717) is 25.3 Å². The Kier molecular flexibility index (Phi) is 7.11. The summed E-state index contributed by atoms with van der Waals surface area (Å²) in [7, 11) is 0. The molecule has 1 heterocycles. The number of carbonyl (C=O) groups excluding carboxylic acids is 1. The van der Waals surface area contributed by atoms with E-state index >= 15 is 0 Å². The van der Waals surface area contributed by atoms with Gasteiger partial charge in [-0.1, -0.05) is 48.5 Å². The molecule has 0 fully saturated rings. The quantitative estimate of drug-likeness (QED) is 0.403.